The van der Waals surface area contributed by atoms with Gasteiger partial charge in [0.25, 0.3) is 0 Å². The van der Waals surface area contributed by atoms with E-state index in [4.69, 9.17) is 18.9 Å². The van der Waals surface area contributed by atoms with Crippen LogP contribution in [0.25, 0.3) is 11.5 Å². The summed E-state index contributed by atoms with van der Waals surface area (Å²) in [6.45, 7) is 7.62. The van der Waals surface area contributed by atoms with Gasteiger partial charge in [-0.05, 0) is 39.3 Å². The van der Waals surface area contributed by atoms with Crippen molar-refractivity contribution in [1.29, 1.82) is 0 Å². The highest BCUT2D eigenvalue weighted by molar-refractivity contribution is 7.91. The first kappa shape index (κ1) is 26.9. The van der Waals surface area contributed by atoms with Gasteiger partial charge in [-0.15, -0.1) is 10.2 Å². The number of pyridine rings is 1. The molecule has 0 saturated carbocycles. The molecule has 0 saturated heterocycles. The molecule has 37 heavy (non-hydrogen) atoms. The van der Waals surface area contributed by atoms with E-state index in [1.54, 1.807) is 43.1 Å². The van der Waals surface area contributed by atoms with Crippen molar-refractivity contribution in [1.82, 2.24) is 29.7 Å². The van der Waals surface area contributed by atoms with Crippen LogP contribution < -0.4 is 9.47 Å². The van der Waals surface area contributed by atoms with E-state index in [0.717, 1.165) is 5.56 Å². The van der Waals surface area contributed by atoms with E-state index in [1.807, 2.05) is 20.8 Å². The number of hydrogen-bond acceptors (Lipinski definition) is 11. The average molecular weight is 533 g/mol. The first-order chi connectivity index (χ1) is 17.6. The van der Waals surface area contributed by atoms with Gasteiger partial charge in [0.1, 0.15) is 30.0 Å². The van der Waals surface area contributed by atoms with Crippen LogP contribution in [0.4, 0.5) is 0 Å². The second-order valence-corrected chi connectivity index (χ2v) is 11.5. The Morgan fingerprint density at radius 3 is 2.51 bits per heavy atom. The summed E-state index contributed by atoms with van der Waals surface area (Å²) in [7, 11) is -0.737. The zero-order valence-electron chi connectivity index (χ0n) is 21.8. The van der Waals surface area contributed by atoms with Crippen LogP contribution in [0, 0.1) is 6.92 Å². The lowest BCUT2D eigenvalue weighted by atomic mass is 10.2. The first-order valence-corrected chi connectivity index (χ1v) is 13.6. The molecule has 0 bridgehead atoms. The summed E-state index contributed by atoms with van der Waals surface area (Å²) in [4.78, 5) is 13.2. The summed E-state index contributed by atoms with van der Waals surface area (Å²) in [6.07, 6.45) is 2.19. The highest BCUT2D eigenvalue weighted by atomic mass is 32.2. The number of hydrogen-bond donors (Lipinski definition) is 0. The maximum atomic E-state index is 13.7. The molecule has 0 N–H and O–H groups in total. The molecule has 3 aromatic rings. The highest BCUT2D eigenvalue weighted by Gasteiger charge is 2.37. The standard InChI is InChI=1S/C24H32N6O6S/c1-14(2)36-22(23-25-9-15(3)10-26-23)16(4)37(31,32)13-19-28-29-24-21-18(7-8-20(27-21)34-6)35-12-17(11-33-5)30(19)24/h7-10,14,16-17,22H,11-13H2,1-6H3/t16-,17-,22+/m0/s1. The van der Waals surface area contributed by atoms with Crippen LogP contribution in [0.5, 0.6) is 11.6 Å². The summed E-state index contributed by atoms with van der Waals surface area (Å²) in [5, 5.41) is 7.62. The van der Waals surface area contributed by atoms with Gasteiger partial charge in [0.05, 0.1) is 31.1 Å². The van der Waals surface area contributed by atoms with E-state index in [-0.39, 0.29) is 36.9 Å². The van der Waals surface area contributed by atoms with E-state index < -0.39 is 21.2 Å². The van der Waals surface area contributed by atoms with Crippen molar-refractivity contribution in [2.45, 2.75) is 56.9 Å². The third-order valence-electron chi connectivity index (χ3n) is 5.97. The number of fused-ring (bicyclic) bond motifs is 3. The minimum Gasteiger partial charge on any atom is -0.489 e. The fraction of sp³-hybridized carbons (Fsp3) is 0.542. The lowest BCUT2D eigenvalue weighted by Crippen LogP contribution is -2.32. The van der Waals surface area contributed by atoms with E-state index in [2.05, 4.69) is 25.1 Å². The summed E-state index contributed by atoms with van der Waals surface area (Å²) in [5.74, 6) is 1.42. The van der Waals surface area contributed by atoms with E-state index >= 15 is 0 Å². The minimum absolute atomic E-state index is 0.221. The van der Waals surface area contributed by atoms with Gasteiger partial charge in [-0.1, -0.05) is 0 Å². The monoisotopic (exact) mass is 532 g/mol. The van der Waals surface area contributed by atoms with Gasteiger partial charge >= 0.3 is 0 Å². The maximum Gasteiger partial charge on any atom is 0.213 e. The van der Waals surface area contributed by atoms with Crippen molar-refractivity contribution in [2.24, 2.45) is 0 Å². The predicted molar refractivity (Wildman–Crippen MR) is 134 cm³/mol. The molecular weight excluding hydrogens is 500 g/mol. The Hall–Kier alpha value is -3.16. The van der Waals surface area contributed by atoms with E-state index in [9.17, 15) is 8.42 Å². The summed E-state index contributed by atoms with van der Waals surface area (Å²) >= 11 is 0. The van der Waals surface area contributed by atoms with E-state index in [1.165, 1.54) is 7.11 Å². The van der Waals surface area contributed by atoms with Gasteiger partial charge < -0.3 is 18.9 Å². The molecule has 12 nitrogen and oxygen atoms in total. The van der Waals surface area contributed by atoms with Crippen LogP contribution in [0.3, 0.4) is 0 Å². The van der Waals surface area contributed by atoms with E-state index in [0.29, 0.717) is 29.0 Å². The van der Waals surface area contributed by atoms with Crippen LogP contribution in [0.1, 0.15) is 50.1 Å². The molecule has 0 unspecified atom stereocenters. The minimum atomic E-state index is -3.82. The maximum absolute atomic E-state index is 13.7. The van der Waals surface area contributed by atoms with Gasteiger partial charge in [0.2, 0.25) is 5.88 Å². The van der Waals surface area contributed by atoms with Crippen molar-refractivity contribution in [2.75, 3.05) is 27.4 Å². The largest absolute Gasteiger partial charge is 0.489 e. The van der Waals surface area contributed by atoms with Crippen molar-refractivity contribution in [3.63, 3.8) is 0 Å². The molecule has 1 aliphatic rings. The fourth-order valence-corrected chi connectivity index (χ4v) is 5.47. The molecular formula is C24H32N6O6S. The Bertz CT molecular complexity index is 1330. The van der Waals surface area contributed by atoms with Crippen molar-refractivity contribution in [3.05, 3.63) is 41.7 Å². The van der Waals surface area contributed by atoms with Crippen molar-refractivity contribution >= 4 is 9.84 Å². The normalized spacial score (nSPS) is 16.9. The molecule has 0 fully saturated rings. The molecule has 0 aliphatic carbocycles. The fourth-order valence-electron chi connectivity index (χ4n) is 4.09. The number of methoxy groups -OCH3 is 2. The van der Waals surface area contributed by atoms with Crippen LogP contribution in [0.15, 0.2) is 24.5 Å². The molecule has 0 aromatic carbocycles. The van der Waals surface area contributed by atoms with Gasteiger partial charge in [-0.3, -0.25) is 4.57 Å². The van der Waals surface area contributed by atoms with Crippen LogP contribution in [-0.4, -0.2) is 76.9 Å². The Kier molecular flexibility index (Phi) is 8.05. The third kappa shape index (κ3) is 5.73. The highest BCUT2D eigenvalue weighted by Crippen LogP contribution is 2.36. The molecule has 0 spiro atoms. The zero-order valence-corrected chi connectivity index (χ0v) is 22.6. The molecule has 4 heterocycles. The quantitative estimate of drug-likeness (QED) is 0.380. The Balaban J connectivity index is 1.72. The SMILES string of the molecule is COC[C@H]1COc2ccc(OC)nc2-c2nnc(CS(=O)(=O)[C@@H](C)[C@@H](OC(C)C)c3ncc(C)cn3)n21. The van der Waals surface area contributed by atoms with Crippen LogP contribution >= 0.6 is 0 Å². The zero-order chi connectivity index (χ0) is 26.7. The van der Waals surface area contributed by atoms with Crippen LogP contribution in [-0.2, 0) is 25.1 Å². The molecule has 13 heteroatoms. The number of sulfone groups is 1. The van der Waals surface area contributed by atoms with Crippen molar-refractivity contribution in [3.8, 4) is 23.1 Å². The summed E-state index contributed by atoms with van der Waals surface area (Å²) in [5.41, 5.74) is 1.28. The van der Waals surface area contributed by atoms with Crippen molar-refractivity contribution < 1.29 is 27.4 Å². The predicted octanol–water partition coefficient (Wildman–Crippen LogP) is 2.50. The number of rotatable bonds is 10. The number of aromatic nitrogens is 6. The second-order valence-electron chi connectivity index (χ2n) is 9.17. The molecule has 1 aliphatic heterocycles. The Morgan fingerprint density at radius 2 is 1.86 bits per heavy atom. The molecule has 3 aromatic heterocycles. The van der Waals surface area contributed by atoms with Crippen LogP contribution in [0.2, 0.25) is 0 Å². The number of ether oxygens (including phenoxy) is 4. The molecule has 200 valence electrons. The number of aryl methyl sites for hydroxylation is 1. The summed E-state index contributed by atoms with van der Waals surface area (Å²) in [6, 6.07) is 3.05. The lowest BCUT2D eigenvalue weighted by Gasteiger charge is -2.25. The third-order valence-corrected chi connectivity index (χ3v) is 8.01. The smallest absolute Gasteiger partial charge is 0.213 e. The van der Waals surface area contributed by atoms with Gasteiger partial charge in [0, 0.05) is 25.6 Å². The number of nitrogens with zero attached hydrogens (tertiary/aromatic N) is 6. The first-order valence-electron chi connectivity index (χ1n) is 11.9. The average Bonchev–Trinajstić information content (AvgIpc) is 3.20. The topological polar surface area (TPSA) is 140 Å². The second kappa shape index (κ2) is 11.1. The molecule has 0 radical (unpaired) electrons. The van der Waals surface area contributed by atoms with Gasteiger partial charge in [-0.2, -0.15) is 0 Å². The van der Waals surface area contributed by atoms with Gasteiger partial charge in [0.15, 0.2) is 27.2 Å². The summed E-state index contributed by atoms with van der Waals surface area (Å²) < 4.78 is 51.8. The van der Waals surface area contributed by atoms with Gasteiger partial charge in [-0.25, -0.2) is 23.4 Å². The Morgan fingerprint density at radius 1 is 1.14 bits per heavy atom. The molecule has 3 atom stereocenters. The lowest BCUT2D eigenvalue weighted by molar-refractivity contribution is 0.00140. The molecule has 0 amide bonds. The Labute approximate surface area is 216 Å². The molecule has 4 rings (SSSR count).